The normalized spacial score (nSPS) is 14.6. The average Bonchev–Trinajstić information content (AvgIpc) is 3.01. The summed E-state index contributed by atoms with van der Waals surface area (Å²) in [5.74, 6) is -2.37. The van der Waals surface area contributed by atoms with E-state index in [0.717, 1.165) is 12.1 Å². The van der Waals surface area contributed by atoms with E-state index in [-0.39, 0.29) is 16.9 Å². The number of benzene rings is 2. The Morgan fingerprint density at radius 1 is 1.27 bits per heavy atom. The number of hydrogen-bond acceptors (Lipinski definition) is 7. The number of carbonyl (C=O) groups is 3. The van der Waals surface area contributed by atoms with Gasteiger partial charge < -0.3 is 9.47 Å². The van der Waals surface area contributed by atoms with Gasteiger partial charge >= 0.3 is 11.7 Å². The molecular formula is C19H14BrN3O7. The predicted molar refractivity (Wildman–Crippen MR) is 108 cm³/mol. The molecule has 0 bridgehead atoms. The number of hydrogen-bond donors (Lipinski definition) is 1. The van der Waals surface area contributed by atoms with Crippen LogP contribution in [0, 0.1) is 10.1 Å². The van der Waals surface area contributed by atoms with Gasteiger partial charge in [-0.05, 0) is 24.3 Å². The molecule has 11 heteroatoms. The van der Waals surface area contributed by atoms with Crippen LogP contribution in [0.1, 0.15) is 5.56 Å². The quantitative estimate of drug-likeness (QED) is 0.223. The van der Waals surface area contributed by atoms with E-state index in [9.17, 15) is 24.5 Å². The molecule has 1 aliphatic heterocycles. The number of para-hydroxylation sites is 1. The van der Waals surface area contributed by atoms with E-state index in [4.69, 9.17) is 4.74 Å². The van der Waals surface area contributed by atoms with Gasteiger partial charge in [0.25, 0.3) is 11.8 Å². The number of hydrazine groups is 1. The van der Waals surface area contributed by atoms with Crippen LogP contribution in [-0.4, -0.2) is 36.4 Å². The summed E-state index contributed by atoms with van der Waals surface area (Å²) in [5, 5.41) is 12.5. The van der Waals surface area contributed by atoms with E-state index in [1.54, 1.807) is 30.3 Å². The second kappa shape index (κ2) is 8.74. The summed E-state index contributed by atoms with van der Waals surface area (Å²) in [5.41, 5.74) is 2.24. The molecule has 30 heavy (non-hydrogen) atoms. The third-order valence-electron chi connectivity index (χ3n) is 4.03. The molecule has 0 aromatic heterocycles. The van der Waals surface area contributed by atoms with Crippen molar-refractivity contribution in [3.8, 4) is 5.75 Å². The second-order valence-electron chi connectivity index (χ2n) is 5.94. The molecule has 3 rings (SSSR count). The molecule has 1 saturated heterocycles. The molecule has 10 nitrogen and oxygen atoms in total. The Balaban J connectivity index is 2.05. The molecule has 0 atom stereocenters. The first-order valence-corrected chi connectivity index (χ1v) is 9.21. The smallest absolute Gasteiger partial charge is 0.343 e. The monoisotopic (exact) mass is 475 g/mol. The van der Waals surface area contributed by atoms with Gasteiger partial charge in [-0.25, -0.2) is 9.80 Å². The standard InChI is InChI=1S/C19H14BrN3O7/c1-29-16(24)10-30-17-11(7-12(20)9-15(17)23(27)28)8-14-18(25)21-22(19(14)26)13-5-3-2-4-6-13/h2-9H,10H2,1H3,(H,21,25)/b14-8-. The van der Waals surface area contributed by atoms with Gasteiger partial charge in [0.2, 0.25) is 5.75 Å². The first-order chi connectivity index (χ1) is 14.3. The number of nitrogens with one attached hydrogen (secondary N) is 1. The number of methoxy groups -OCH3 is 1. The minimum atomic E-state index is -0.754. The molecule has 0 aliphatic carbocycles. The molecule has 0 saturated carbocycles. The lowest BCUT2D eigenvalue weighted by atomic mass is 10.1. The van der Waals surface area contributed by atoms with Crippen LogP contribution in [0.2, 0.25) is 0 Å². The van der Waals surface area contributed by atoms with E-state index < -0.39 is 35.0 Å². The number of esters is 1. The Morgan fingerprint density at radius 3 is 2.60 bits per heavy atom. The molecule has 1 fully saturated rings. The van der Waals surface area contributed by atoms with Crippen molar-refractivity contribution in [2.24, 2.45) is 0 Å². The molecular weight excluding hydrogens is 462 g/mol. The van der Waals surface area contributed by atoms with Crippen LogP contribution in [0.4, 0.5) is 11.4 Å². The highest BCUT2D eigenvalue weighted by Gasteiger charge is 2.35. The van der Waals surface area contributed by atoms with Gasteiger partial charge in [-0.2, -0.15) is 0 Å². The summed E-state index contributed by atoms with van der Waals surface area (Å²) in [4.78, 5) is 47.3. The molecule has 2 amide bonds. The fourth-order valence-corrected chi connectivity index (χ4v) is 3.13. The van der Waals surface area contributed by atoms with Crippen LogP contribution in [-0.2, 0) is 19.1 Å². The van der Waals surface area contributed by atoms with Crippen molar-refractivity contribution in [2.45, 2.75) is 0 Å². The van der Waals surface area contributed by atoms with Gasteiger partial charge in [0.15, 0.2) is 6.61 Å². The number of anilines is 1. The first-order valence-electron chi connectivity index (χ1n) is 8.41. The highest BCUT2D eigenvalue weighted by atomic mass is 79.9. The first kappa shape index (κ1) is 21.0. The average molecular weight is 476 g/mol. The number of amides is 2. The number of rotatable bonds is 6. The van der Waals surface area contributed by atoms with Crippen molar-refractivity contribution in [1.29, 1.82) is 0 Å². The summed E-state index contributed by atoms with van der Waals surface area (Å²) < 4.78 is 10.1. The highest BCUT2D eigenvalue weighted by Crippen LogP contribution is 2.36. The summed E-state index contributed by atoms with van der Waals surface area (Å²) >= 11 is 3.16. The van der Waals surface area contributed by atoms with Crippen LogP contribution in [0.15, 0.2) is 52.5 Å². The third-order valence-corrected chi connectivity index (χ3v) is 4.49. The molecule has 0 unspecified atom stereocenters. The van der Waals surface area contributed by atoms with Gasteiger partial charge in [-0.1, -0.05) is 34.1 Å². The van der Waals surface area contributed by atoms with Gasteiger partial charge in [0.1, 0.15) is 5.57 Å². The van der Waals surface area contributed by atoms with Gasteiger partial charge in [0.05, 0.1) is 17.7 Å². The van der Waals surface area contributed by atoms with E-state index in [2.05, 4.69) is 26.1 Å². The summed E-state index contributed by atoms with van der Waals surface area (Å²) in [6, 6.07) is 11.0. The van der Waals surface area contributed by atoms with Crippen molar-refractivity contribution in [3.63, 3.8) is 0 Å². The zero-order valence-corrected chi connectivity index (χ0v) is 17.0. The van der Waals surface area contributed by atoms with Crippen molar-refractivity contribution in [1.82, 2.24) is 5.43 Å². The molecule has 0 spiro atoms. The lowest BCUT2D eigenvalue weighted by molar-refractivity contribution is -0.385. The van der Waals surface area contributed by atoms with Crippen molar-refractivity contribution >= 4 is 51.2 Å². The van der Waals surface area contributed by atoms with Crippen LogP contribution in [0.25, 0.3) is 6.08 Å². The third kappa shape index (κ3) is 4.30. The lowest BCUT2D eigenvalue weighted by Gasteiger charge is -2.14. The van der Waals surface area contributed by atoms with E-state index >= 15 is 0 Å². The van der Waals surface area contributed by atoms with Crippen molar-refractivity contribution < 1.29 is 28.8 Å². The minimum Gasteiger partial charge on any atom is -0.474 e. The van der Waals surface area contributed by atoms with Crippen molar-refractivity contribution in [2.75, 3.05) is 18.7 Å². The largest absolute Gasteiger partial charge is 0.474 e. The lowest BCUT2D eigenvalue weighted by Crippen LogP contribution is -2.35. The highest BCUT2D eigenvalue weighted by molar-refractivity contribution is 9.10. The molecule has 1 aliphatic rings. The maximum Gasteiger partial charge on any atom is 0.343 e. The van der Waals surface area contributed by atoms with E-state index in [1.807, 2.05) is 0 Å². The minimum absolute atomic E-state index is 0.0633. The molecule has 154 valence electrons. The molecule has 2 aromatic rings. The molecule has 1 heterocycles. The number of nitrogens with zero attached hydrogens (tertiary/aromatic N) is 2. The predicted octanol–water partition coefficient (Wildman–Crippen LogP) is 2.37. The van der Waals surface area contributed by atoms with E-state index in [1.165, 1.54) is 18.2 Å². The summed E-state index contributed by atoms with van der Waals surface area (Å²) in [7, 11) is 1.14. The number of ether oxygens (including phenoxy) is 2. The molecule has 0 radical (unpaired) electrons. The Kier molecular flexibility index (Phi) is 6.11. The van der Waals surface area contributed by atoms with Crippen molar-refractivity contribution in [3.05, 3.63) is 68.2 Å². The zero-order chi connectivity index (χ0) is 21.8. The van der Waals surface area contributed by atoms with Crippen LogP contribution >= 0.6 is 15.9 Å². The SMILES string of the molecule is COC(=O)COc1c(/C=C2/C(=O)NN(c3ccccc3)C2=O)cc(Br)cc1[N+](=O)[O-]. The maximum absolute atomic E-state index is 12.8. The number of carbonyl (C=O) groups excluding carboxylic acids is 3. The zero-order valence-electron chi connectivity index (χ0n) is 15.5. The van der Waals surface area contributed by atoms with Gasteiger partial charge in [0, 0.05) is 16.1 Å². The number of halogens is 1. The van der Waals surface area contributed by atoms with Gasteiger partial charge in [-0.15, -0.1) is 0 Å². The second-order valence-corrected chi connectivity index (χ2v) is 6.86. The summed E-state index contributed by atoms with van der Waals surface area (Å²) in [6.07, 6.45) is 1.17. The van der Waals surface area contributed by atoms with Crippen LogP contribution < -0.4 is 15.2 Å². The van der Waals surface area contributed by atoms with Crippen LogP contribution in [0.5, 0.6) is 5.75 Å². The maximum atomic E-state index is 12.8. The molecule has 1 N–H and O–H groups in total. The van der Waals surface area contributed by atoms with E-state index in [0.29, 0.717) is 10.2 Å². The Bertz CT molecular complexity index is 1070. The fraction of sp³-hybridized carbons (Fsp3) is 0.105. The fourth-order valence-electron chi connectivity index (χ4n) is 2.66. The number of nitro groups is 1. The Morgan fingerprint density at radius 2 is 1.97 bits per heavy atom. The topological polar surface area (TPSA) is 128 Å². The molecule has 2 aromatic carbocycles. The number of nitro benzene ring substituents is 1. The van der Waals surface area contributed by atoms with Gasteiger partial charge in [-0.3, -0.25) is 25.1 Å². The summed E-state index contributed by atoms with van der Waals surface area (Å²) in [6.45, 7) is -0.592. The van der Waals surface area contributed by atoms with Crippen LogP contribution in [0.3, 0.4) is 0 Å². The Hall–Kier alpha value is -3.73. The Labute approximate surface area is 178 Å².